The summed E-state index contributed by atoms with van der Waals surface area (Å²) < 4.78 is 37.8. The van der Waals surface area contributed by atoms with Crippen LogP contribution in [0.3, 0.4) is 0 Å². The molecule has 0 saturated heterocycles. The Kier molecular flexibility index (Phi) is 3.75. The molecule has 0 saturated carbocycles. The summed E-state index contributed by atoms with van der Waals surface area (Å²) in [5.41, 5.74) is 0.119. The van der Waals surface area contributed by atoms with Crippen molar-refractivity contribution in [3.05, 3.63) is 39.6 Å². The minimum Gasteiger partial charge on any atom is -0.282 e. The van der Waals surface area contributed by atoms with Crippen LogP contribution in [0, 0.1) is 6.92 Å². The van der Waals surface area contributed by atoms with Crippen LogP contribution in [0.4, 0.5) is 13.2 Å². The van der Waals surface area contributed by atoms with Crippen molar-refractivity contribution in [2.45, 2.75) is 13.1 Å². The van der Waals surface area contributed by atoms with Crippen LogP contribution in [-0.2, 0) is 0 Å². The smallest absolute Gasteiger partial charge is 0.282 e. The summed E-state index contributed by atoms with van der Waals surface area (Å²) in [5, 5.41) is 7.24. The quantitative estimate of drug-likeness (QED) is 0.793. The van der Waals surface area contributed by atoms with Crippen LogP contribution in [0.5, 0.6) is 0 Å². The largest absolute Gasteiger partial charge is 0.456 e. The number of benzene rings is 1. The van der Waals surface area contributed by atoms with Crippen LogP contribution in [0.15, 0.2) is 18.3 Å². The standard InChI is InChI=1S/C11H6Cl2F3N3O/c1-5-2-7(13)9(3-6(5)12)19-4-8(17-18-19)10(20)11(14,15)16/h2-4H,1H3. The molecule has 0 aliphatic carbocycles. The van der Waals surface area contributed by atoms with Gasteiger partial charge in [0.05, 0.1) is 16.9 Å². The molecule has 20 heavy (non-hydrogen) atoms. The van der Waals surface area contributed by atoms with Gasteiger partial charge in [-0.05, 0) is 24.6 Å². The second-order valence-electron chi connectivity index (χ2n) is 3.93. The first-order valence-electron chi connectivity index (χ1n) is 5.20. The fraction of sp³-hybridized carbons (Fsp3) is 0.182. The van der Waals surface area contributed by atoms with Gasteiger partial charge in [0, 0.05) is 5.02 Å². The summed E-state index contributed by atoms with van der Waals surface area (Å²) in [6.07, 6.45) is -4.15. The van der Waals surface area contributed by atoms with Gasteiger partial charge < -0.3 is 0 Å². The summed E-state index contributed by atoms with van der Waals surface area (Å²) in [5.74, 6) is -2.07. The van der Waals surface area contributed by atoms with Gasteiger partial charge in [0.15, 0.2) is 5.69 Å². The predicted octanol–water partition coefficient (Wildman–Crippen LogP) is 3.63. The number of aromatic nitrogens is 3. The fourth-order valence-electron chi connectivity index (χ4n) is 1.44. The minimum absolute atomic E-state index is 0.225. The molecule has 9 heteroatoms. The van der Waals surface area contributed by atoms with Gasteiger partial charge in [0.1, 0.15) is 0 Å². The van der Waals surface area contributed by atoms with Crippen LogP contribution < -0.4 is 0 Å². The van der Waals surface area contributed by atoms with E-state index in [-0.39, 0.29) is 10.7 Å². The number of hydrogen-bond donors (Lipinski definition) is 0. The number of ketones is 1. The number of aryl methyl sites for hydroxylation is 1. The number of rotatable bonds is 2. The van der Waals surface area contributed by atoms with Crippen molar-refractivity contribution in [3.8, 4) is 5.69 Å². The van der Waals surface area contributed by atoms with Crippen molar-refractivity contribution < 1.29 is 18.0 Å². The Morgan fingerprint density at radius 1 is 1.25 bits per heavy atom. The summed E-state index contributed by atoms with van der Waals surface area (Å²) in [6.45, 7) is 1.72. The molecule has 0 radical (unpaired) electrons. The number of nitrogens with zero attached hydrogens (tertiary/aromatic N) is 3. The van der Waals surface area contributed by atoms with Gasteiger partial charge in [-0.25, -0.2) is 4.68 Å². The topological polar surface area (TPSA) is 47.8 Å². The van der Waals surface area contributed by atoms with Gasteiger partial charge in [-0.1, -0.05) is 28.4 Å². The van der Waals surface area contributed by atoms with Crippen LogP contribution in [0.25, 0.3) is 5.69 Å². The molecule has 0 amide bonds. The monoisotopic (exact) mass is 323 g/mol. The Labute approximate surface area is 121 Å². The fourth-order valence-corrected chi connectivity index (χ4v) is 1.90. The van der Waals surface area contributed by atoms with E-state index in [2.05, 4.69) is 10.3 Å². The zero-order chi connectivity index (χ0) is 15.1. The highest BCUT2D eigenvalue weighted by Crippen LogP contribution is 2.28. The SMILES string of the molecule is Cc1cc(Cl)c(-n2cc(C(=O)C(F)(F)F)nn2)cc1Cl. The van der Waals surface area contributed by atoms with Gasteiger partial charge in [-0.15, -0.1) is 5.10 Å². The average molecular weight is 324 g/mol. The second-order valence-corrected chi connectivity index (χ2v) is 4.74. The maximum atomic E-state index is 12.3. The molecule has 2 aromatic rings. The zero-order valence-corrected chi connectivity index (χ0v) is 11.4. The maximum absolute atomic E-state index is 12.3. The van der Waals surface area contributed by atoms with Gasteiger partial charge in [0.25, 0.3) is 5.78 Å². The molecule has 0 bridgehead atoms. The highest BCUT2D eigenvalue weighted by atomic mass is 35.5. The Hall–Kier alpha value is -1.60. The first-order valence-corrected chi connectivity index (χ1v) is 5.95. The lowest BCUT2D eigenvalue weighted by molar-refractivity contribution is -0.0888. The van der Waals surface area contributed by atoms with E-state index in [1.807, 2.05) is 0 Å². The molecule has 0 N–H and O–H groups in total. The lowest BCUT2D eigenvalue weighted by atomic mass is 10.2. The molecule has 106 valence electrons. The van der Waals surface area contributed by atoms with E-state index in [1.165, 1.54) is 12.1 Å². The normalized spacial score (nSPS) is 11.7. The third-order valence-electron chi connectivity index (χ3n) is 2.46. The summed E-state index contributed by atoms with van der Waals surface area (Å²) in [4.78, 5) is 11.0. The Morgan fingerprint density at radius 2 is 1.90 bits per heavy atom. The highest BCUT2D eigenvalue weighted by Gasteiger charge is 2.41. The third kappa shape index (κ3) is 2.78. The molecule has 0 atom stereocenters. The molecule has 4 nitrogen and oxygen atoms in total. The number of hydrogen-bond acceptors (Lipinski definition) is 3. The van der Waals surface area contributed by atoms with E-state index >= 15 is 0 Å². The number of carbonyl (C=O) groups excluding carboxylic acids is 1. The van der Waals surface area contributed by atoms with Crippen molar-refractivity contribution >= 4 is 29.0 Å². The number of alkyl halides is 3. The first kappa shape index (κ1) is 14.8. The number of halogens is 5. The van der Waals surface area contributed by atoms with Gasteiger partial charge in [-0.3, -0.25) is 4.79 Å². The van der Waals surface area contributed by atoms with Crippen molar-refractivity contribution in [2.24, 2.45) is 0 Å². The second kappa shape index (κ2) is 5.06. The maximum Gasteiger partial charge on any atom is 0.456 e. The molecule has 0 aliphatic heterocycles. The molecule has 2 rings (SSSR count). The average Bonchev–Trinajstić information content (AvgIpc) is 2.80. The molecular formula is C11H6Cl2F3N3O. The van der Waals surface area contributed by atoms with E-state index < -0.39 is 17.7 Å². The highest BCUT2D eigenvalue weighted by molar-refractivity contribution is 6.35. The number of Topliss-reactive ketones (excluding diaryl/α,β-unsaturated/α-hetero) is 1. The summed E-state index contributed by atoms with van der Waals surface area (Å²) in [7, 11) is 0. The van der Waals surface area contributed by atoms with E-state index in [0.717, 1.165) is 10.9 Å². The lowest BCUT2D eigenvalue weighted by Crippen LogP contribution is -2.23. The van der Waals surface area contributed by atoms with E-state index in [9.17, 15) is 18.0 Å². The van der Waals surface area contributed by atoms with Crippen molar-refractivity contribution in [1.29, 1.82) is 0 Å². The Balaban J connectivity index is 2.44. The first-order chi connectivity index (χ1) is 9.20. The molecule has 1 heterocycles. The Bertz CT molecular complexity index is 682. The zero-order valence-electron chi connectivity index (χ0n) is 9.87. The van der Waals surface area contributed by atoms with Crippen molar-refractivity contribution in [3.63, 3.8) is 0 Å². The molecule has 0 spiro atoms. The van der Waals surface area contributed by atoms with Crippen LogP contribution in [-0.4, -0.2) is 27.0 Å². The molecule has 1 aromatic carbocycles. The third-order valence-corrected chi connectivity index (χ3v) is 3.17. The molecule has 0 aliphatic rings. The minimum atomic E-state index is -5.00. The van der Waals surface area contributed by atoms with Gasteiger partial charge >= 0.3 is 6.18 Å². The molecule has 0 fully saturated rings. The lowest BCUT2D eigenvalue weighted by Gasteiger charge is -2.06. The molecule has 1 aromatic heterocycles. The molecule has 0 unspecified atom stereocenters. The van der Waals surface area contributed by atoms with E-state index in [4.69, 9.17) is 23.2 Å². The predicted molar refractivity (Wildman–Crippen MR) is 66.5 cm³/mol. The van der Waals surface area contributed by atoms with E-state index in [0.29, 0.717) is 10.6 Å². The summed E-state index contributed by atoms with van der Waals surface area (Å²) in [6, 6.07) is 2.96. The van der Waals surface area contributed by atoms with Crippen molar-refractivity contribution in [1.82, 2.24) is 15.0 Å². The number of carbonyl (C=O) groups is 1. The van der Waals surface area contributed by atoms with Crippen LogP contribution in [0.2, 0.25) is 10.0 Å². The van der Waals surface area contributed by atoms with Gasteiger partial charge in [-0.2, -0.15) is 13.2 Å². The summed E-state index contributed by atoms with van der Waals surface area (Å²) >= 11 is 11.9. The van der Waals surface area contributed by atoms with Crippen LogP contribution in [0.1, 0.15) is 16.1 Å². The van der Waals surface area contributed by atoms with Crippen molar-refractivity contribution in [2.75, 3.05) is 0 Å². The molecular weight excluding hydrogens is 318 g/mol. The van der Waals surface area contributed by atoms with Gasteiger partial charge in [0.2, 0.25) is 0 Å². The Morgan fingerprint density at radius 3 is 2.50 bits per heavy atom. The van der Waals surface area contributed by atoms with Crippen LogP contribution >= 0.6 is 23.2 Å². The van der Waals surface area contributed by atoms with E-state index in [1.54, 1.807) is 6.92 Å².